The summed E-state index contributed by atoms with van der Waals surface area (Å²) in [5, 5.41) is 12.3. The number of carbonyl (C=O) groups excluding carboxylic acids is 1. The number of amides is 1. The third kappa shape index (κ3) is 3.23. The second-order valence-electron chi connectivity index (χ2n) is 3.94. The Kier molecular flexibility index (Phi) is 4.02. The van der Waals surface area contributed by atoms with Gasteiger partial charge < -0.3 is 10.4 Å². The van der Waals surface area contributed by atoms with Crippen molar-refractivity contribution in [1.29, 1.82) is 0 Å². The van der Waals surface area contributed by atoms with Crippen LogP contribution in [-0.4, -0.2) is 11.0 Å². The highest BCUT2D eigenvalue weighted by Gasteiger charge is 2.12. The summed E-state index contributed by atoms with van der Waals surface area (Å²) >= 11 is 5.61. The van der Waals surface area contributed by atoms with Crippen molar-refractivity contribution in [3.63, 3.8) is 0 Å². The largest absolute Gasteiger partial charge is 0.508 e. The van der Waals surface area contributed by atoms with Crippen LogP contribution in [0.5, 0.6) is 5.75 Å². The molecule has 3 nitrogen and oxygen atoms in total. The molecule has 0 aliphatic carbocycles. The molecule has 2 rings (SSSR count). The highest BCUT2D eigenvalue weighted by Crippen LogP contribution is 2.17. The Hall–Kier alpha value is -2.07. The number of halogens is 2. The molecule has 0 aliphatic heterocycles. The Morgan fingerprint density at radius 1 is 1.26 bits per heavy atom. The minimum atomic E-state index is -0.678. The highest BCUT2D eigenvalue weighted by atomic mass is 35.5. The first-order chi connectivity index (χ1) is 9.08. The molecular formula is C14H11ClFNO2. The summed E-state index contributed by atoms with van der Waals surface area (Å²) in [4.78, 5) is 11.8. The number of aromatic hydroxyl groups is 1. The minimum Gasteiger partial charge on any atom is -0.508 e. The van der Waals surface area contributed by atoms with Gasteiger partial charge >= 0.3 is 0 Å². The molecule has 0 spiro atoms. The molecule has 0 radical (unpaired) electrons. The van der Waals surface area contributed by atoms with Crippen molar-refractivity contribution in [2.75, 3.05) is 0 Å². The Morgan fingerprint density at radius 3 is 2.68 bits per heavy atom. The van der Waals surface area contributed by atoms with Crippen molar-refractivity contribution >= 4 is 17.5 Å². The number of hydrogen-bond donors (Lipinski definition) is 2. The minimum absolute atomic E-state index is 0.0828. The molecule has 0 saturated carbocycles. The van der Waals surface area contributed by atoms with E-state index in [0.717, 1.165) is 6.07 Å². The van der Waals surface area contributed by atoms with Crippen molar-refractivity contribution in [3.05, 3.63) is 64.4 Å². The molecular weight excluding hydrogens is 269 g/mol. The zero-order valence-electron chi connectivity index (χ0n) is 9.86. The smallest absolute Gasteiger partial charge is 0.254 e. The molecule has 0 unspecified atom stereocenters. The van der Waals surface area contributed by atoms with Crippen LogP contribution in [0, 0.1) is 5.82 Å². The Balaban J connectivity index is 2.08. The third-order valence-electron chi connectivity index (χ3n) is 2.61. The van der Waals surface area contributed by atoms with Crippen LogP contribution in [0.15, 0.2) is 42.5 Å². The number of hydrogen-bond acceptors (Lipinski definition) is 2. The van der Waals surface area contributed by atoms with E-state index in [0.29, 0.717) is 5.56 Å². The molecule has 0 heterocycles. The average molecular weight is 280 g/mol. The number of benzene rings is 2. The van der Waals surface area contributed by atoms with E-state index in [4.69, 9.17) is 11.6 Å². The Bertz CT molecular complexity index is 616. The van der Waals surface area contributed by atoms with E-state index in [1.165, 1.54) is 18.2 Å². The van der Waals surface area contributed by atoms with Crippen LogP contribution in [0.2, 0.25) is 5.02 Å². The van der Waals surface area contributed by atoms with Gasteiger partial charge in [-0.2, -0.15) is 0 Å². The topological polar surface area (TPSA) is 49.3 Å². The SMILES string of the molecule is O=C(NCc1ccccc1O)c1ccc(Cl)cc1F. The van der Waals surface area contributed by atoms with Crippen LogP contribution in [0.25, 0.3) is 0 Å². The van der Waals surface area contributed by atoms with Gasteiger partial charge in [0.2, 0.25) is 0 Å². The second-order valence-corrected chi connectivity index (χ2v) is 4.37. The van der Waals surface area contributed by atoms with Crippen molar-refractivity contribution in [2.45, 2.75) is 6.54 Å². The molecule has 1 amide bonds. The number of carbonyl (C=O) groups is 1. The molecule has 2 aromatic carbocycles. The summed E-state index contributed by atoms with van der Waals surface area (Å²) in [6, 6.07) is 10.5. The van der Waals surface area contributed by atoms with Crippen LogP contribution in [0.4, 0.5) is 4.39 Å². The zero-order valence-corrected chi connectivity index (χ0v) is 10.6. The lowest BCUT2D eigenvalue weighted by atomic mass is 10.1. The summed E-state index contributed by atoms with van der Waals surface area (Å²) in [6.45, 7) is 0.119. The number of nitrogens with one attached hydrogen (secondary N) is 1. The quantitative estimate of drug-likeness (QED) is 0.907. The Morgan fingerprint density at radius 2 is 2.00 bits per heavy atom. The van der Waals surface area contributed by atoms with Gasteiger partial charge in [0.25, 0.3) is 5.91 Å². The van der Waals surface area contributed by atoms with Gasteiger partial charge in [-0.3, -0.25) is 4.79 Å². The highest BCUT2D eigenvalue weighted by molar-refractivity contribution is 6.30. The standard InChI is InChI=1S/C14H11ClFNO2/c15-10-5-6-11(12(16)7-10)14(19)17-8-9-3-1-2-4-13(9)18/h1-7,18H,8H2,(H,17,19). The van der Waals surface area contributed by atoms with Crippen molar-refractivity contribution in [1.82, 2.24) is 5.32 Å². The van der Waals surface area contributed by atoms with E-state index in [9.17, 15) is 14.3 Å². The lowest BCUT2D eigenvalue weighted by Gasteiger charge is -2.07. The first-order valence-corrected chi connectivity index (χ1v) is 5.96. The van der Waals surface area contributed by atoms with E-state index in [1.54, 1.807) is 18.2 Å². The van der Waals surface area contributed by atoms with Gasteiger partial charge in [-0.15, -0.1) is 0 Å². The number of rotatable bonds is 3. The van der Waals surface area contributed by atoms with Gasteiger partial charge in [0, 0.05) is 17.1 Å². The monoisotopic (exact) mass is 279 g/mol. The predicted molar refractivity (Wildman–Crippen MR) is 70.7 cm³/mol. The Labute approximate surface area is 114 Å². The summed E-state index contributed by atoms with van der Waals surface area (Å²) in [7, 11) is 0. The van der Waals surface area contributed by atoms with E-state index in [2.05, 4.69) is 5.32 Å². The third-order valence-corrected chi connectivity index (χ3v) is 2.84. The van der Waals surface area contributed by atoms with Crippen LogP contribution < -0.4 is 5.32 Å². The fourth-order valence-corrected chi connectivity index (χ4v) is 1.76. The first kappa shape index (κ1) is 13.4. The summed E-state index contributed by atoms with van der Waals surface area (Å²) in [5.74, 6) is -1.15. The average Bonchev–Trinajstić information content (AvgIpc) is 2.37. The van der Waals surface area contributed by atoms with Crippen molar-refractivity contribution < 1.29 is 14.3 Å². The van der Waals surface area contributed by atoms with Gasteiger partial charge in [-0.05, 0) is 24.3 Å². The fourth-order valence-electron chi connectivity index (χ4n) is 1.60. The molecule has 0 fully saturated rings. The first-order valence-electron chi connectivity index (χ1n) is 5.58. The van der Waals surface area contributed by atoms with Crippen LogP contribution >= 0.6 is 11.6 Å². The molecule has 98 valence electrons. The summed E-state index contributed by atoms with van der Waals surface area (Å²) in [5.41, 5.74) is 0.477. The summed E-state index contributed by atoms with van der Waals surface area (Å²) in [6.07, 6.45) is 0. The lowest BCUT2D eigenvalue weighted by Crippen LogP contribution is -2.23. The lowest BCUT2D eigenvalue weighted by molar-refractivity contribution is 0.0946. The molecule has 19 heavy (non-hydrogen) atoms. The number of phenolic OH excluding ortho intramolecular Hbond substituents is 1. The molecule has 0 atom stereocenters. The second kappa shape index (κ2) is 5.71. The van der Waals surface area contributed by atoms with Gasteiger partial charge in [0.05, 0.1) is 5.56 Å². The van der Waals surface area contributed by atoms with Crippen molar-refractivity contribution in [3.8, 4) is 5.75 Å². The van der Waals surface area contributed by atoms with Gasteiger partial charge in [0.1, 0.15) is 11.6 Å². The maximum absolute atomic E-state index is 13.5. The maximum Gasteiger partial charge on any atom is 0.254 e. The summed E-state index contributed by atoms with van der Waals surface area (Å²) < 4.78 is 13.5. The van der Waals surface area contributed by atoms with Crippen LogP contribution in [-0.2, 0) is 6.54 Å². The van der Waals surface area contributed by atoms with Gasteiger partial charge in [-0.1, -0.05) is 29.8 Å². The number of phenols is 1. The number of para-hydroxylation sites is 1. The van der Waals surface area contributed by atoms with Gasteiger partial charge in [0.15, 0.2) is 0 Å². The molecule has 2 N–H and O–H groups in total. The molecule has 5 heteroatoms. The van der Waals surface area contributed by atoms with E-state index < -0.39 is 11.7 Å². The van der Waals surface area contributed by atoms with E-state index in [1.807, 2.05) is 0 Å². The van der Waals surface area contributed by atoms with Crippen LogP contribution in [0.1, 0.15) is 15.9 Å². The van der Waals surface area contributed by atoms with E-state index >= 15 is 0 Å². The molecule has 0 saturated heterocycles. The maximum atomic E-state index is 13.5. The van der Waals surface area contributed by atoms with Gasteiger partial charge in [-0.25, -0.2) is 4.39 Å². The van der Waals surface area contributed by atoms with E-state index in [-0.39, 0.29) is 22.9 Å². The normalized spacial score (nSPS) is 10.2. The molecule has 0 aromatic heterocycles. The predicted octanol–water partition coefficient (Wildman–Crippen LogP) is 3.11. The van der Waals surface area contributed by atoms with Crippen molar-refractivity contribution in [2.24, 2.45) is 0 Å². The molecule has 0 aliphatic rings. The zero-order chi connectivity index (χ0) is 13.8. The molecule has 0 bridgehead atoms. The molecule has 2 aromatic rings. The van der Waals surface area contributed by atoms with Crippen LogP contribution in [0.3, 0.4) is 0 Å². The fraction of sp³-hybridized carbons (Fsp3) is 0.0714.